The Balaban J connectivity index is 1.75. The van der Waals surface area contributed by atoms with E-state index >= 15 is 0 Å². The third kappa shape index (κ3) is 7.72. The van der Waals surface area contributed by atoms with Crippen LogP contribution in [0.25, 0.3) is 0 Å². The van der Waals surface area contributed by atoms with Gasteiger partial charge in [-0.05, 0) is 57.4 Å². The monoisotopic (exact) mass is 564 g/mol. The number of benzene rings is 2. The van der Waals surface area contributed by atoms with Crippen molar-refractivity contribution in [2.24, 2.45) is 5.92 Å². The van der Waals surface area contributed by atoms with Crippen molar-refractivity contribution in [3.05, 3.63) is 100 Å². The molecule has 2 amide bonds. The van der Waals surface area contributed by atoms with E-state index in [2.05, 4.69) is 26.8 Å². The summed E-state index contributed by atoms with van der Waals surface area (Å²) in [6, 6.07) is 14.8. The number of carbonyl (C=O) groups is 2. The first-order valence-electron chi connectivity index (χ1n) is 13.8. The zero-order valence-electron chi connectivity index (χ0n) is 23.9. The molecule has 2 atom stereocenters. The number of aliphatic hydroxyl groups excluding tert-OH is 1. The Morgan fingerprint density at radius 2 is 1.85 bits per heavy atom. The summed E-state index contributed by atoms with van der Waals surface area (Å²) in [5, 5.41) is 21.7. The van der Waals surface area contributed by atoms with Crippen LogP contribution < -0.4 is 4.90 Å². The number of hydrogen-bond donors (Lipinski definition) is 2. The van der Waals surface area contributed by atoms with Gasteiger partial charge in [-0.15, -0.1) is 0 Å². The molecular weight excluding hydrogens is 524 g/mol. The average Bonchev–Trinajstić information content (AvgIpc) is 3.13. The third-order valence-electron chi connectivity index (χ3n) is 7.26. The molecule has 1 heterocycles. The molecule has 2 N–H and O–H groups in total. The molecule has 6 nitrogen and oxygen atoms in total. The minimum absolute atomic E-state index is 0.0845. The van der Waals surface area contributed by atoms with Gasteiger partial charge in [0.15, 0.2) is 5.60 Å². The zero-order chi connectivity index (χ0) is 29.3. The second-order valence-electron chi connectivity index (χ2n) is 10.7. The third-order valence-corrected chi connectivity index (χ3v) is 7.49. The lowest BCUT2D eigenvalue weighted by atomic mass is 9.83. The molecule has 2 aromatic rings. The Bertz CT molecular complexity index is 1270. The van der Waals surface area contributed by atoms with Gasteiger partial charge in [0.25, 0.3) is 5.91 Å². The first-order chi connectivity index (χ1) is 19.1. The molecule has 0 spiro atoms. The molecule has 0 aromatic heterocycles. The number of amides is 2. The SMILES string of the molecule is CC(C)=CCC/C(C)=C/CN1C(=O)[C@](O)([C@H](C)/C=C/CC(=O)N(CCO)Cc2ccccc2)c2cc(Cl)ccc21. The predicted octanol–water partition coefficient (Wildman–Crippen LogP) is 6.17. The number of anilines is 1. The molecule has 214 valence electrons. The maximum absolute atomic E-state index is 13.7. The molecule has 0 saturated carbocycles. The molecular formula is C33H41ClN2O4. The van der Waals surface area contributed by atoms with Gasteiger partial charge in [0.05, 0.1) is 12.3 Å². The van der Waals surface area contributed by atoms with Gasteiger partial charge in [0, 0.05) is 42.6 Å². The Kier molecular flexibility index (Phi) is 11.3. The van der Waals surface area contributed by atoms with Crippen molar-refractivity contribution in [2.45, 2.75) is 59.1 Å². The maximum atomic E-state index is 13.7. The zero-order valence-corrected chi connectivity index (χ0v) is 24.7. The summed E-state index contributed by atoms with van der Waals surface area (Å²) in [7, 11) is 0. The van der Waals surface area contributed by atoms with Gasteiger partial charge in [-0.2, -0.15) is 0 Å². The van der Waals surface area contributed by atoms with Crippen molar-refractivity contribution in [3.63, 3.8) is 0 Å². The fourth-order valence-corrected chi connectivity index (χ4v) is 5.07. The van der Waals surface area contributed by atoms with Gasteiger partial charge in [-0.3, -0.25) is 9.59 Å². The largest absolute Gasteiger partial charge is 0.395 e. The Hall–Kier alpha value is -3.19. The van der Waals surface area contributed by atoms with E-state index in [1.807, 2.05) is 36.4 Å². The number of nitrogens with zero attached hydrogens (tertiary/aromatic N) is 2. The minimum atomic E-state index is -1.81. The van der Waals surface area contributed by atoms with E-state index < -0.39 is 17.4 Å². The van der Waals surface area contributed by atoms with Crippen LogP contribution in [0.15, 0.2) is 84.0 Å². The summed E-state index contributed by atoms with van der Waals surface area (Å²) >= 11 is 6.29. The molecule has 1 aliphatic rings. The van der Waals surface area contributed by atoms with E-state index in [0.717, 1.165) is 18.4 Å². The number of hydrogen-bond acceptors (Lipinski definition) is 4. The maximum Gasteiger partial charge on any atom is 0.264 e. The van der Waals surface area contributed by atoms with Gasteiger partial charge in [-0.1, -0.05) is 84.3 Å². The molecule has 0 bridgehead atoms. The number of aliphatic hydroxyl groups is 2. The summed E-state index contributed by atoms with van der Waals surface area (Å²) in [6.45, 7) is 8.80. The highest BCUT2D eigenvalue weighted by Gasteiger charge is 2.52. The fraction of sp³-hybridized carbons (Fsp3) is 0.394. The van der Waals surface area contributed by atoms with Crippen molar-refractivity contribution >= 4 is 29.1 Å². The van der Waals surface area contributed by atoms with E-state index in [9.17, 15) is 19.8 Å². The number of halogens is 1. The van der Waals surface area contributed by atoms with Crippen molar-refractivity contribution in [1.29, 1.82) is 0 Å². The normalized spacial score (nSPS) is 17.7. The van der Waals surface area contributed by atoms with Crippen molar-refractivity contribution in [2.75, 3.05) is 24.6 Å². The van der Waals surface area contributed by atoms with Crippen LogP contribution in [0.4, 0.5) is 5.69 Å². The topological polar surface area (TPSA) is 81.1 Å². The van der Waals surface area contributed by atoms with Gasteiger partial charge in [0.1, 0.15) is 0 Å². The van der Waals surface area contributed by atoms with Crippen LogP contribution in [-0.4, -0.2) is 46.6 Å². The summed E-state index contributed by atoms with van der Waals surface area (Å²) in [5.74, 6) is -1.17. The van der Waals surface area contributed by atoms with Crippen LogP contribution in [0.3, 0.4) is 0 Å². The minimum Gasteiger partial charge on any atom is -0.395 e. The summed E-state index contributed by atoms with van der Waals surface area (Å²) < 4.78 is 0. The molecule has 0 unspecified atom stereocenters. The summed E-state index contributed by atoms with van der Waals surface area (Å²) in [6.07, 6.45) is 9.55. The lowest BCUT2D eigenvalue weighted by Gasteiger charge is -2.27. The van der Waals surface area contributed by atoms with Crippen LogP contribution in [0.2, 0.25) is 5.02 Å². The second-order valence-corrected chi connectivity index (χ2v) is 11.1. The van der Waals surface area contributed by atoms with Crippen LogP contribution in [0.1, 0.15) is 58.1 Å². The Labute approximate surface area is 243 Å². The smallest absolute Gasteiger partial charge is 0.264 e. The lowest BCUT2D eigenvalue weighted by Crippen LogP contribution is -2.44. The van der Waals surface area contributed by atoms with Crippen LogP contribution >= 0.6 is 11.6 Å². The average molecular weight is 565 g/mol. The highest BCUT2D eigenvalue weighted by atomic mass is 35.5. The first kappa shape index (κ1) is 31.3. The predicted molar refractivity (Wildman–Crippen MR) is 162 cm³/mol. The number of allylic oxidation sites excluding steroid dienone is 3. The molecule has 0 aliphatic carbocycles. The van der Waals surface area contributed by atoms with Crippen LogP contribution in [0, 0.1) is 5.92 Å². The molecule has 40 heavy (non-hydrogen) atoms. The van der Waals surface area contributed by atoms with E-state index in [1.165, 1.54) is 11.1 Å². The lowest BCUT2D eigenvalue weighted by molar-refractivity contribution is -0.139. The molecule has 2 aromatic carbocycles. The molecule has 3 rings (SSSR count). The van der Waals surface area contributed by atoms with Crippen LogP contribution in [0.5, 0.6) is 0 Å². The van der Waals surface area contributed by atoms with Crippen molar-refractivity contribution < 1.29 is 19.8 Å². The fourth-order valence-electron chi connectivity index (χ4n) is 4.90. The van der Waals surface area contributed by atoms with Gasteiger partial charge in [0.2, 0.25) is 5.91 Å². The van der Waals surface area contributed by atoms with Crippen molar-refractivity contribution in [1.82, 2.24) is 4.90 Å². The highest BCUT2D eigenvalue weighted by Crippen LogP contribution is 2.46. The van der Waals surface area contributed by atoms with Gasteiger partial charge >= 0.3 is 0 Å². The first-order valence-corrected chi connectivity index (χ1v) is 14.2. The summed E-state index contributed by atoms with van der Waals surface area (Å²) in [5.41, 5.74) is 2.72. The molecule has 7 heteroatoms. The number of fused-ring (bicyclic) bond motifs is 1. The van der Waals surface area contributed by atoms with Crippen LogP contribution in [-0.2, 0) is 21.7 Å². The molecule has 0 fully saturated rings. The standard InChI is InChI=1S/C33H41ClN2O4/c1-24(2)10-8-11-25(3)18-19-36-30-17-16-28(34)22-29(30)33(40,32(36)39)26(4)12-9-15-31(38)35(20-21-37)23-27-13-6-5-7-14-27/h5-7,9-10,12-14,16-18,22,26,37,40H,8,11,15,19-21,23H2,1-4H3/b12-9+,25-18+/t26-,33+/m1/s1. The number of carbonyl (C=O) groups excluding carboxylic acids is 2. The van der Waals surface area contributed by atoms with E-state index in [4.69, 9.17) is 11.6 Å². The van der Waals surface area contributed by atoms with Gasteiger partial charge < -0.3 is 20.0 Å². The van der Waals surface area contributed by atoms with E-state index in [0.29, 0.717) is 29.4 Å². The summed E-state index contributed by atoms with van der Waals surface area (Å²) in [4.78, 5) is 29.8. The number of rotatable bonds is 13. The quantitative estimate of drug-likeness (QED) is 0.285. The van der Waals surface area contributed by atoms with E-state index in [-0.39, 0.29) is 25.5 Å². The molecule has 0 saturated heterocycles. The molecule has 1 aliphatic heterocycles. The van der Waals surface area contributed by atoms with Gasteiger partial charge in [-0.25, -0.2) is 0 Å². The molecule has 0 radical (unpaired) electrons. The highest BCUT2D eigenvalue weighted by molar-refractivity contribution is 6.31. The second kappa shape index (κ2) is 14.4. The Morgan fingerprint density at radius 1 is 1.12 bits per heavy atom. The Morgan fingerprint density at radius 3 is 2.52 bits per heavy atom. The van der Waals surface area contributed by atoms with Crippen molar-refractivity contribution in [3.8, 4) is 0 Å². The van der Waals surface area contributed by atoms with E-state index in [1.54, 1.807) is 47.1 Å².